The molecule has 0 aliphatic rings. The van der Waals surface area contributed by atoms with Gasteiger partial charge in [0.25, 0.3) is 0 Å². The van der Waals surface area contributed by atoms with E-state index in [-0.39, 0.29) is 12.4 Å². The summed E-state index contributed by atoms with van der Waals surface area (Å²) in [6.07, 6.45) is 0.668. The molecule has 0 heterocycles. The second-order valence-electron chi connectivity index (χ2n) is 5.16. The van der Waals surface area contributed by atoms with Gasteiger partial charge in [-0.3, -0.25) is 4.79 Å². The lowest BCUT2D eigenvalue weighted by molar-refractivity contribution is -0.136. The number of aldehydes is 1. The first-order valence-electron chi connectivity index (χ1n) is 7.34. The van der Waals surface area contributed by atoms with Gasteiger partial charge in [-0.05, 0) is 45.6 Å². The van der Waals surface area contributed by atoms with Crippen LogP contribution in [0.3, 0.4) is 0 Å². The highest BCUT2D eigenvalue weighted by atomic mass is 79.9. The summed E-state index contributed by atoms with van der Waals surface area (Å²) in [6, 6.07) is 16.2. The van der Waals surface area contributed by atoms with Gasteiger partial charge in [-0.25, -0.2) is 4.79 Å². The molecule has 0 fully saturated rings. The second kappa shape index (κ2) is 7.80. The van der Waals surface area contributed by atoms with Gasteiger partial charge in [0.05, 0.1) is 10.0 Å². The highest BCUT2D eigenvalue weighted by Crippen LogP contribution is 2.30. The van der Waals surface area contributed by atoms with Crippen LogP contribution in [0.15, 0.2) is 63.5 Å². The minimum absolute atomic E-state index is 0.247. The van der Waals surface area contributed by atoms with E-state index in [1.807, 2.05) is 30.3 Å². The van der Waals surface area contributed by atoms with Crippen molar-refractivity contribution in [2.75, 3.05) is 6.61 Å². The van der Waals surface area contributed by atoms with Crippen molar-refractivity contribution in [3.8, 4) is 11.5 Å². The molecule has 3 aromatic rings. The normalized spacial score (nSPS) is 10.5. The van der Waals surface area contributed by atoms with E-state index >= 15 is 0 Å². The van der Waals surface area contributed by atoms with E-state index in [1.54, 1.807) is 24.3 Å². The molecule has 0 aliphatic carbocycles. The number of carbonyl (C=O) groups excluding carboxylic acids is 2. The van der Waals surface area contributed by atoms with E-state index in [0.29, 0.717) is 27.5 Å². The van der Waals surface area contributed by atoms with Crippen molar-refractivity contribution in [3.05, 3.63) is 69.1 Å². The van der Waals surface area contributed by atoms with Crippen LogP contribution in [-0.4, -0.2) is 18.9 Å². The minimum atomic E-state index is -0.589. The van der Waals surface area contributed by atoms with Gasteiger partial charge in [-0.1, -0.05) is 46.3 Å². The monoisotopic (exact) mass is 462 g/mol. The van der Waals surface area contributed by atoms with E-state index in [1.165, 1.54) is 0 Å². The molecule has 0 saturated heterocycles. The molecule has 0 spiro atoms. The third kappa shape index (κ3) is 4.08. The van der Waals surface area contributed by atoms with Crippen LogP contribution in [0.5, 0.6) is 11.5 Å². The first kappa shape index (κ1) is 17.6. The van der Waals surface area contributed by atoms with Crippen LogP contribution in [-0.2, 0) is 4.79 Å². The van der Waals surface area contributed by atoms with Crippen LogP contribution in [0, 0.1) is 0 Å². The Balaban J connectivity index is 1.79. The molecule has 4 nitrogen and oxygen atoms in total. The van der Waals surface area contributed by atoms with Gasteiger partial charge < -0.3 is 9.47 Å². The summed E-state index contributed by atoms with van der Waals surface area (Å²) in [5.74, 6) is 0.180. The Morgan fingerprint density at radius 2 is 1.84 bits per heavy atom. The summed E-state index contributed by atoms with van der Waals surface area (Å²) in [6.45, 7) is -0.276. The Kier molecular flexibility index (Phi) is 5.50. The molecule has 0 atom stereocenters. The number of rotatable bonds is 5. The second-order valence-corrected chi connectivity index (χ2v) is 6.93. The Bertz CT molecular complexity index is 953. The summed E-state index contributed by atoms with van der Waals surface area (Å²) in [7, 11) is 0. The van der Waals surface area contributed by atoms with Crippen molar-refractivity contribution >= 4 is 54.9 Å². The highest BCUT2D eigenvalue weighted by molar-refractivity contribution is 9.11. The first-order valence-corrected chi connectivity index (χ1v) is 8.92. The third-order valence-electron chi connectivity index (χ3n) is 3.49. The highest BCUT2D eigenvalue weighted by Gasteiger charge is 2.14. The van der Waals surface area contributed by atoms with Crippen LogP contribution in [0.2, 0.25) is 0 Å². The topological polar surface area (TPSA) is 52.6 Å². The molecule has 25 heavy (non-hydrogen) atoms. The smallest absolute Gasteiger partial charge is 0.349 e. The van der Waals surface area contributed by atoms with Gasteiger partial charge >= 0.3 is 5.97 Å². The summed E-state index contributed by atoms with van der Waals surface area (Å²) >= 11 is 6.72. The number of esters is 1. The predicted octanol–water partition coefficient (Wildman–Crippen LogP) is 5.16. The third-order valence-corrected chi connectivity index (χ3v) is 4.61. The molecule has 6 heteroatoms. The molecule has 3 aromatic carbocycles. The predicted molar refractivity (Wildman–Crippen MR) is 102 cm³/mol. The lowest BCUT2D eigenvalue weighted by Gasteiger charge is -2.11. The fourth-order valence-corrected chi connectivity index (χ4v) is 3.50. The Labute approximate surface area is 161 Å². The van der Waals surface area contributed by atoms with Crippen molar-refractivity contribution in [1.82, 2.24) is 0 Å². The van der Waals surface area contributed by atoms with Crippen LogP contribution >= 0.6 is 31.9 Å². The summed E-state index contributed by atoms with van der Waals surface area (Å²) in [5.41, 5.74) is 0.317. The zero-order valence-corrected chi connectivity index (χ0v) is 16.0. The molecule has 3 rings (SSSR count). The quantitative estimate of drug-likeness (QED) is 0.298. The van der Waals surface area contributed by atoms with E-state index in [2.05, 4.69) is 31.9 Å². The Morgan fingerprint density at radius 1 is 1.04 bits per heavy atom. The molecule has 0 radical (unpaired) electrons. The Morgan fingerprint density at radius 3 is 2.60 bits per heavy atom. The van der Waals surface area contributed by atoms with E-state index in [4.69, 9.17) is 9.47 Å². The van der Waals surface area contributed by atoms with E-state index < -0.39 is 5.97 Å². The largest absolute Gasteiger partial charge is 0.481 e. The molecular formula is C19H12Br2O4. The van der Waals surface area contributed by atoms with Crippen molar-refractivity contribution in [2.24, 2.45) is 0 Å². The van der Waals surface area contributed by atoms with Crippen molar-refractivity contribution in [3.63, 3.8) is 0 Å². The number of hydrogen-bond donors (Lipinski definition) is 0. The fraction of sp³-hybridized carbons (Fsp3) is 0.0526. The summed E-state index contributed by atoms with van der Waals surface area (Å²) in [5, 5.41) is 1.58. The van der Waals surface area contributed by atoms with E-state index in [0.717, 1.165) is 9.86 Å². The van der Waals surface area contributed by atoms with Gasteiger partial charge in [0.1, 0.15) is 11.5 Å². The molecular weight excluding hydrogens is 452 g/mol. The maximum absolute atomic E-state index is 12.2. The number of halogens is 2. The van der Waals surface area contributed by atoms with Crippen molar-refractivity contribution < 1.29 is 19.1 Å². The zero-order chi connectivity index (χ0) is 17.8. The van der Waals surface area contributed by atoms with Crippen molar-refractivity contribution in [2.45, 2.75) is 0 Å². The average molecular weight is 464 g/mol. The summed E-state index contributed by atoms with van der Waals surface area (Å²) in [4.78, 5) is 23.5. The first-order chi connectivity index (χ1) is 12.1. The molecule has 0 bridgehead atoms. The van der Waals surface area contributed by atoms with Crippen LogP contribution in [0.25, 0.3) is 10.8 Å². The number of carbonyl (C=O) groups is 2. The SMILES string of the molecule is O=Cc1ccc2ccccc2c1OC(=O)COc1ccc(Br)cc1Br. The van der Waals surface area contributed by atoms with Crippen LogP contribution < -0.4 is 9.47 Å². The maximum Gasteiger partial charge on any atom is 0.349 e. The standard InChI is InChI=1S/C19H12Br2O4/c20-14-7-8-17(16(21)9-14)24-11-18(23)25-19-13(10-22)6-5-12-3-1-2-4-15(12)19/h1-10H,11H2. The van der Waals surface area contributed by atoms with E-state index in [9.17, 15) is 9.59 Å². The molecule has 0 N–H and O–H groups in total. The molecule has 0 unspecified atom stereocenters. The van der Waals surface area contributed by atoms with Gasteiger partial charge in [-0.2, -0.15) is 0 Å². The molecule has 0 aromatic heterocycles. The van der Waals surface area contributed by atoms with Gasteiger partial charge in [0, 0.05) is 9.86 Å². The van der Waals surface area contributed by atoms with Gasteiger partial charge in [0.2, 0.25) is 0 Å². The Hall–Kier alpha value is -2.18. The molecule has 0 amide bonds. The zero-order valence-electron chi connectivity index (χ0n) is 12.9. The fourth-order valence-electron chi connectivity index (χ4n) is 2.34. The number of benzene rings is 3. The minimum Gasteiger partial charge on any atom is -0.481 e. The maximum atomic E-state index is 12.2. The van der Waals surface area contributed by atoms with Crippen LogP contribution in [0.4, 0.5) is 0 Å². The lowest BCUT2D eigenvalue weighted by Crippen LogP contribution is -2.18. The van der Waals surface area contributed by atoms with Gasteiger partial charge in [-0.15, -0.1) is 0 Å². The number of hydrogen-bond acceptors (Lipinski definition) is 4. The molecule has 0 saturated carbocycles. The van der Waals surface area contributed by atoms with Crippen molar-refractivity contribution in [1.29, 1.82) is 0 Å². The lowest BCUT2D eigenvalue weighted by atomic mass is 10.1. The average Bonchev–Trinajstić information content (AvgIpc) is 2.61. The summed E-state index contributed by atoms with van der Waals surface area (Å²) < 4.78 is 12.5. The molecule has 0 aliphatic heterocycles. The molecule has 126 valence electrons. The number of fused-ring (bicyclic) bond motifs is 1. The number of ether oxygens (including phenoxy) is 2. The van der Waals surface area contributed by atoms with Crippen LogP contribution in [0.1, 0.15) is 10.4 Å². The van der Waals surface area contributed by atoms with Gasteiger partial charge in [0.15, 0.2) is 12.9 Å².